The van der Waals surface area contributed by atoms with Crippen molar-refractivity contribution in [2.24, 2.45) is 0 Å². The molecule has 0 amide bonds. The maximum atomic E-state index is 13.2. The molecule has 1 N–H and O–H groups in total. The van der Waals surface area contributed by atoms with Gasteiger partial charge in [-0.05, 0) is 49.7 Å². The molecule has 0 spiro atoms. The number of halogens is 6. The van der Waals surface area contributed by atoms with Crippen molar-refractivity contribution < 1.29 is 26.3 Å². The maximum absolute atomic E-state index is 13.2. The van der Waals surface area contributed by atoms with Crippen molar-refractivity contribution in [2.75, 3.05) is 5.32 Å². The molecule has 4 rings (SSSR count). The van der Waals surface area contributed by atoms with Gasteiger partial charge in [0.1, 0.15) is 17.1 Å². The molecule has 0 aromatic carbocycles. The molecule has 0 fully saturated rings. The van der Waals surface area contributed by atoms with E-state index in [1.165, 1.54) is 12.1 Å². The largest absolute Gasteiger partial charge is 0.433 e. The second-order valence-corrected chi connectivity index (χ2v) is 7.35. The van der Waals surface area contributed by atoms with Gasteiger partial charge in [0.05, 0.1) is 0 Å². The Morgan fingerprint density at radius 1 is 0.714 bits per heavy atom. The first kappa shape index (κ1) is 24.0. The van der Waals surface area contributed by atoms with Crippen LogP contribution in [0.1, 0.15) is 22.6 Å². The Morgan fingerprint density at radius 2 is 1.40 bits per heavy atom. The number of pyridine rings is 3. The highest BCUT2D eigenvalue weighted by Gasteiger charge is 2.33. The molecule has 0 saturated carbocycles. The van der Waals surface area contributed by atoms with E-state index < -0.39 is 23.7 Å². The Balaban J connectivity index is 1.86. The molecule has 4 aromatic rings. The van der Waals surface area contributed by atoms with Crippen molar-refractivity contribution in [1.82, 2.24) is 29.9 Å². The van der Waals surface area contributed by atoms with Crippen LogP contribution in [-0.4, -0.2) is 29.9 Å². The third-order valence-corrected chi connectivity index (χ3v) is 4.78. The minimum atomic E-state index is -4.70. The van der Waals surface area contributed by atoms with Gasteiger partial charge in [0.2, 0.25) is 5.95 Å². The summed E-state index contributed by atoms with van der Waals surface area (Å²) in [5, 5.41) is 2.65. The van der Waals surface area contributed by atoms with Gasteiger partial charge in [-0.3, -0.25) is 9.97 Å². The molecule has 0 unspecified atom stereocenters. The summed E-state index contributed by atoms with van der Waals surface area (Å²) in [6.07, 6.45) is -6.86. The van der Waals surface area contributed by atoms with E-state index in [0.29, 0.717) is 11.3 Å². The smallest absolute Gasteiger partial charge is 0.324 e. The summed E-state index contributed by atoms with van der Waals surface area (Å²) in [4.78, 5) is 23.8. The molecule has 4 heterocycles. The van der Waals surface area contributed by atoms with Gasteiger partial charge in [-0.1, -0.05) is 6.07 Å². The highest BCUT2D eigenvalue weighted by atomic mass is 19.4. The van der Waals surface area contributed by atoms with Crippen molar-refractivity contribution in [3.63, 3.8) is 0 Å². The van der Waals surface area contributed by atoms with Crippen LogP contribution in [0, 0.1) is 13.8 Å². The SMILES string of the molecule is Cc1ccnc(C)c1-c1nc(Nc2ccnc(C(F)(F)F)c2)nc(-c2cccc(C(F)(F)F)n2)n1. The van der Waals surface area contributed by atoms with Crippen molar-refractivity contribution in [3.8, 4) is 22.9 Å². The third-order valence-electron chi connectivity index (χ3n) is 4.78. The summed E-state index contributed by atoms with van der Waals surface area (Å²) >= 11 is 0. The van der Waals surface area contributed by atoms with Crippen LogP contribution in [-0.2, 0) is 12.4 Å². The minimum Gasteiger partial charge on any atom is -0.324 e. The number of hydrogen-bond donors (Lipinski definition) is 1. The van der Waals surface area contributed by atoms with Gasteiger partial charge >= 0.3 is 12.4 Å². The monoisotopic (exact) mass is 491 g/mol. The van der Waals surface area contributed by atoms with Crippen LogP contribution in [0.5, 0.6) is 0 Å². The van der Waals surface area contributed by atoms with Gasteiger partial charge in [0, 0.05) is 29.3 Å². The normalized spacial score (nSPS) is 12.0. The van der Waals surface area contributed by atoms with Gasteiger partial charge in [-0.2, -0.15) is 36.3 Å². The van der Waals surface area contributed by atoms with Crippen LogP contribution in [0.2, 0.25) is 0 Å². The number of hydrogen-bond acceptors (Lipinski definition) is 7. The lowest BCUT2D eigenvalue weighted by atomic mass is 10.1. The van der Waals surface area contributed by atoms with Gasteiger partial charge in [0.25, 0.3) is 0 Å². The lowest BCUT2D eigenvalue weighted by Gasteiger charge is -2.13. The average Bonchev–Trinajstić information content (AvgIpc) is 2.78. The molecule has 0 saturated heterocycles. The van der Waals surface area contributed by atoms with Crippen LogP contribution >= 0.6 is 0 Å². The van der Waals surface area contributed by atoms with E-state index >= 15 is 0 Å². The van der Waals surface area contributed by atoms with Crippen molar-refractivity contribution in [1.29, 1.82) is 0 Å². The van der Waals surface area contributed by atoms with Gasteiger partial charge in [0.15, 0.2) is 11.6 Å². The topological polar surface area (TPSA) is 89.4 Å². The zero-order valence-corrected chi connectivity index (χ0v) is 18.1. The molecule has 0 aliphatic heterocycles. The molecular weight excluding hydrogens is 476 g/mol. The van der Waals surface area contributed by atoms with E-state index in [0.717, 1.165) is 30.0 Å². The van der Waals surface area contributed by atoms with Crippen LogP contribution < -0.4 is 5.32 Å². The van der Waals surface area contributed by atoms with Gasteiger partial charge < -0.3 is 5.32 Å². The quantitative estimate of drug-likeness (QED) is 0.362. The Labute approximate surface area is 194 Å². The van der Waals surface area contributed by atoms with Crippen molar-refractivity contribution in [2.45, 2.75) is 26.2 Å². The van der Waals surface area contributed by atoms with E-state index in [1.807, 2.05) is 0 Å². The maximum Gasteiger partial charge on any atom is 0.433 e. The second-order valence-electron chi connectivity index (χ2n) is 7.35. The summed E-state index contributed by atoms with van der Waals surface area (Å²) in [6.45, 7) is 3.46. The van der Waals surface area contributed by atoms with Crippen molar-refractivity contribution in [3.05, 3.63) is 71.4 Å². The molecule has 180 valence electrons. The first-order valence-electron chi connectivity index (χ1n) is 9.95. The summed E-state index contributed by atoms with van der Waals surface area (Å²) in [7, 11) is 0. The summed E-state index contributed by atoms with van der Waals surface area (Å²) in [6, 6.07) is 6.96. The van der Waals surface area contributed by atoms with Gasteiger partial charge in [-0.15, -0.1) is 0 Å². The first-order valence-corrected chi connectivity index (χ1v) is 9.95. The molecule has 0 aliphatic rings. The molecule has 0 bridgehead atoms. The summed E-state index contributed by atoms with van der Waals surface area (Å²) in [5.41, 5.74) is -0.769. The Morgan fingerprint density at radius 3 is 2.09 bits per heavy atom. The minimum absolute atomic E-state index is 0.0351. The van der Waals surface area contributed by atoms with Crippen LogP contribution in [0.15, 0.2) is 48.8 Å². The predicted octanol–water partition coefficient (Wildman–Crippen LogP) is 5.79. The lowest BCUT2D eigenvalue weighted by molar-refractivity contribution is -0.141. The zero-order chi connectivity index (χ0) is 25.4. The standard InChI is InChI=1S/C22H15F6N7/c1-11-6-8-29-12(2)17(11)19-33-18(14-4-3-5-15(32-14)21(23,24)25)34-20(35-19)31-13-7-9-30-16(10-13)22(26,27)28/h3-10H,1-2H3,(H,30,31,33,34,35). The molecule has 7 nitrogen and oxygen atoms in total. The van der Waals surface area contributed by atoms with Gasteiger partial charge in [-0.25, -0.2) is 9.97 Å². The highest BCUT2D eigenvalue weighted by Crippen LogP contribution is 2.32. The number of nitrogens with one attached hydrogen (secondary N) is 1. The molecule has 35 heavy (non-hydrogen) atoms. The first-order chi connectivity index (χ1) is 16.4. The third kappa shape index (κ3) is 5.34. The second kappa shape index (κ2) is 8.89. The lowest BCUT2D eigenvalue weighted by Crippen LogP contribution is -2.10. The fraction of sp³-hybridized carbons (Fsp3) is 0.182. The van der Waals surface area contributed by atoms with E-state index in [9.17, 15) is 26.3 Å². The van der Waals surface area contributed by atoms with Crippen LogP contribution in [0.25, 0.3) is 22.9 Å². The number of rotatable bonds is 4. The summed E-state index contributed by atoms with van der Waals surface area (Å²) in [5.74, 6) is -0.354. The predicted molar refractivity (Wildman–Crippen MR) is 113 cm³/mol. The highest BCUT2D eigenvalue weighted by molar-refractivity contribution is 5.67. The summed E-state index contributed by atoms with van der Waals surface area (Å²) < 4.78 is 78.8. The van der Waals surface area contributed by atoms with Crippen molar-refractivity contribution >= 4 is 11.6 Å². The number of aromatic nitrogens is 6. The van der Waals surface area contributed by atoms with Crippen LogP contribution in [0.3, 0.4) is 0 Å². The number of nitrogens with zero attached hydrogens (tertiary/aromatic N) is 6. The van der Waals surface area contributed by atoms with E-state index in [2.05, 4.69) is 35.2 Å². The molecule has 0 aliphatic carbocycles. The number of aryl methyl sites for hydroxylation is 2. The van der Waals surface area contributed by atoms with E-state index in [-0.39, 0.29) is 29.0 Å². The van der Waals surface area contributed by atoms with Crippen LogP contribution in [0.4, 0.5) is 38.0 Å². The molecular formula is C22H15F6N7. The molecule has 13 heteroatoms. The average molecular weight is 491 g/mol. The van der Waals surface area contributed by atoms with E-state index in [4.69, 9.17) is 0 Å². The number of anilines is 2. The Kier molecular flexibility index (Phi) is 6.09. The fourth-order valence-corrected chi connectivity index (χ4v) is 3.20. The fourth-order valence-electron chi connectivity index (χ4n) is 3.20. The zero-order valence-electron chi connectivity index (χ0n) is 18.1. The Hall–Kier alpha value is -4.16. The molecule has 0 atom stereocenters. The van der Waals surface area contributed by atoms with E-state index in [1.54, 1.807) is 26.1 Å². The molecule has 4 aromatic heterocycles. The Bertz CT molecular complexity index is 1370. The molecule has 0 radical (unpaired) electrons. The number of alkyl halides is 6.